The average Bonchev–Trinajstić information content (AvgIpc) is 3.30. The molecule has 0 aliphatic carbocycles. The van der Waals surface area contributed by atoms with Crippen LogP contribution in [-0.2, 0) is 27.8 Å². The first kappa shape index (κ1) is 29.6. The van der Waals surface area contributed by atoms with Crippen LogP contribution < -0.4 is 15.0 Å². The van der Waals surface area contributed by atoms with Gasteiger partial charge in [0.15, 0.2) is 5.52 Å². The van der Waals surface area contributed by atoms with E-state index in [0.717, 1.165) is 19.4 Å². The highest BCUT2D eigenvalue weighted by atomic mass is 32.2. The molecule has 3 aromatic heterocycles. The minimum Gasteiger partial charge on any atom is -0.477 e. The van der Waals surface area contributed by atoms with Gasteiger partial charge in [0, 0.05) is 40.3 Å². The Morgan fingerprint density at radius 2 is 1.90 bits per heavy atom. The molecular weight excluding hydrogens is 536 g/mol. The van der Waals surface area contributed by atoms with E-state index in [2.05, 4.69) is 26.9 Å². The molecule has 0 bridgehead atoms. The van der Waals surface area contributed by atoms with Crippen molar-refractivity contribution in [2.24, 2.45) is 0 Å². The van der Waals surface area contributed by atoms with Gasteiger partial charge in [-0.2, -0.15) is 9.40 Å². The summed E-state index contributed by atoms with van der Waals surface area (Å²) in [6.45, 7) is 9.28. The van der Waals surface area contributed by atoms with Crippen LogP contribution >= 0.6 is 0 Å². The van der Waals surface area contributed by atoms with E-state index >= 15 is 0 Å². The molecule has 40 heavy (non-hydrogen) atoms. The minimum atomic E-state index is -3.83. The Balaban J connectivity index is 1.81. The maximum absolute atomic E-state index is 13.6. The zero-order chi connectivity index (χ0) is 29.0. The molecule has 1 fully saturated rings. The molecule has 0 radical (unpaired) electrons. The Hall–Kier alpha value is -3.36. The topological polar surface area (TPSA) is 148 Å². The molecule has 0 unspecified atom stereocenters. The molecule has 0 atom stereocenters. The highest BCUT2D eigenvalue weighted by molar-refractivity contribution is 7.89. The molecule has 1 aliphatic heterocycles. The number of carbonyl (C=O) groups excluding carboxylic acids is 1. The first-order chi connectivity index (χ1) is 19.1. The number of H-pyrrole nitrogens is 2. The van der Waals surface area contributed by atoms with Crippen molar-refractivity contribution < 1.29 is 22.6 Å². The molecule has 1 aliphatic rings. The lowest BCUT2D eigenvalue weighted by Crippen LogP contribution is -2.48. The largest absolute Gasteiger partial charge is 0.477 e. The van der Waals surface area contributed by atoms with Gasteiger partial charge in [0.25, 0.3) is 12.5 Å². The number of ether oxygens (including phenoxy) is 1. The summed E-state index contributed by atoms with van der Waals surface area (Å²) in [4.78, 5) is 41.3. The maximum Gasteiger partial charge on any atom is 0.326 e. The molecule has 14 heteroatoms. The van der Waals surface area contributed by atoms with Crippen molar-refractivity contribution in [1.29, 1.82) is 0 Å². The smallest absolute Gasteiger partial charge is 0.326 e. The summed E-state index contributed by atoms with van der Waals surface area (Å²) in [6, 6.07) is 1.47. The first-order valence-corrected chi connectivity index (χ1v) is 15.1. The predicted octanol–water partition coefficient (Wildman–Crippen LogP) is 0.756. The number of hydrogen-bond acceptors (Lipinski definition) is 8. The van der Waals surface area contributed by atoms with E-state index in [1.807, 2.05) is 13.8 Å². The Kier molecular flexibility index (Phi) is 9.21. The Morgan fingerprint density at radius 3 is 2.52 bits per heavy atom. The molecule has 4 heterocycles. The van der Waals surface area contributed by atoms with Crippen LogP contribution in [0.1, 0.15) is 39.3 Å². The number of pyridine rings is 1. The third-order valence-electron chi connectivity index (χ3n) is 7.10. The number of aryl methyl sites for hydroxylation is 1. The maximum atomic E-state index is 13.6. The SMILES string of the molecule is CCCCOc1ncc(S(=O)(=O)N2CCN(CC)CC2)cc1-c1nc2c(CC)[nH][n+](CC(=O)N(C)C)c2c(=O)[nH]1. The summed E-state index contributed by atoms with van der Waals surface area (Å²) in [6.07, 6.45) is 3.52. The lowest BCUT2D eigenvalue weighted by Gasteiger charge is -2.33. The molecule has 13 nitrogen and oxygen atoms in total. The van der Waals surface area contributed by atoms with Crippen molar-refractivity contribution in [2.75, 3.05) is 53.4 Å². The summed E-state index contributed by atoms with van der Waals surface area (Å²) in [5, 5.41) is 3.12. The van der Waals surface area contributed by atoms with Crippen molar-refractivity contribution in [3.05, 3.63) is 28.3 Å². The van der Waals surface area contributed by atoms with Gasteiger partial charge < -0.3 is 19.5 Å². The third-order valence-corrected chi connectivity index (χ3v) is 8.96. The van der Waals surface area contributed by atoms with Crippen LogP contribution in [0.15, 0.2) is 22.0 Å². The van der Waals surface area contributed by atoms with Crippen molar-refractivity contribution in [3.8, 4) is 17.3 Å². The van der Waals surface area contributed by atoms with Crippen molar-refractivity contribution >= 4 is 27.0 Å². The summed E-state index contributed by atoms with van der Waals surface area (Å²) < 4.78 is 36.0. The zero-order valence-electron chi connectivity index (χ0n) is 23.9. The summed E-state index contributed by atoms with van der Waals surface area (Å²) >= 11 is 0. The van der Waals surface area contributed by atoms with E-state index in [1.165, 1.54) is 26.2 Å². The number of aromatic nitrogens is 5. The van der Waals surface area contributed by atoms with Crippen molar-refractivity contribution in [3.63, 3.8) is 0 Å². The van der Waals surface area contributed by atoms with Gasteiger partial charge in [-0.05, 0) is 25.5 Å². The number of rotatable bonds is 11. The lowest BCUT2D eigenvalue weighted by atomic mass is 10.2. The molecule has 218 valence electrons. The van der Waals surface area contributed by atoms with Crippen LogP contribution in [0.25, 0.3) is 22.4 Å². The van der Waals surface area contributed by atoms with E-state index in [4.69, 9.17) is 9.72 Å². The molecule has 4 rings (SSSR count). The standard InChI is InChI=1S/C26H38N8O5S/c1-6-9-14-39-26-19(15-18(16-27-26)40(37,38)33-12-10-32(8-3)11-13-33)24-28-22-20(7-2)30-34(17-21(35)31(4)5)23(22)25(36)29-24/h15-16H,6-14,17H2,1-5H3,(H,28,29,36)/p+1. The van der Waals surface area contributed by atoms with Gasteiger partial charge in [-0.3, -0.25) is 9.59 Å². The van der Waals surface area contributed by atoms with Crippen LogP contribution in [0.4, 0.5) is 0 Å². The number of carbonyl (C=O) groups is 1. The van der Waals surface area contributed by atoms with E-state index < -0.39 is 15.6 Å². The number of piperazine rings is 1. The second kappa shape index (κ2) is 12.4. The number of aromatic amines is 2. The Labute approximate surface area is 234 Å². The summed E-state index contributed by atoms with van der Waals surface area (Å²) in [7, 11) is -0.541. The fraction of sp³-hybridized carbons (Fsp3) is 0.577. The molecule has 2 N–H and O–H groups in total. The summed E-state index contributed by atoms with van der Waals surface area (Å²) in [5.74, 6) is 0.145. The van der Waals surface area contributed by atoms with Crippen LogP contribution in [-0.4, -0.2) is 102 Å². The number of nitrogens with zero attached hydrogens (tertiary/aromatic N) is 6. The van der Waals surface area contributed by atoms with Gasteiger partial charge in [0.05, 0.1) is 18.4 Å². The molecule has 3 aromatic rings. The number of hydrogen-bond donors (Lipinski definition) is 2. The number of likely N-dealkylation sites (N-methyl/N-ethyl adjacent to an activating group) is 2. The molecule has 1 amide bonds. The first-order valence-electron chi connectivity index (χ1n) is 13.7. The van der Waals surface area contributed by atoms with Crippen LogP contribution in [0, 0.1) is 0 Å². The van der Waals surface area contributed by atoms with Gasteiger partial charge in [0.1, 0.15) is 16.4 Å². The van der Waals surface area contributed by atoms with Crippen molar-refractivity contribution in [1.82, 2.24) is 34.2 Å². The molecule has 0 spiro atoms. The molecular formula is C26H39N8O5S+. The number of amides is 1. The number of fused-ring (bicyclic) bond motifs is 1. The fourth-order valence-electron chi connectivity index (χ4n) is 4.58. The normalized spacial score (nSPS) is 15.0. The van der Waals surface area contributed by atoms with Crippen LogP contribution in [0.3, 0.4) is 0 Å². The van der Waals surface area contributed by atoms with Gasteiger partial charge in [0.2, 0.25) is 15.9 Å². The Bertz CT molecular complexity index is 1520. The van der Waals surface area contributed by atoms with Crippen molar-refractivity contribution in [2.45, 2.75) is 51.5 Å². The third kappa shape index (κ3) is 6.03. The minimum absolute atomic E-state index is 0.00876. The quantitative estimate of drug-likeness (QED) is 0.251. The predicted molar refractivity (Wildman–Crippen MR) is 149 cm³/mol. The molecule has 1 saturated heterocycles. The van der Waals surface area contributed by atoms with Gasteiger partial charge >= 0.3 is 11.1 Å². The van der Waals surface area contributed by atoms with Gasteiger partial charge in [-0.15, -0.1) is 0 Å². The summed E-state index contributed by atoms with van der Waals surface area (Å²) in [5.41, 5.74) is 1.12. The highest BCUT2D eigenvalue weighted by Crippen LogP contribution is 2.30. The number of nitrogens with one attached hydrogen (secondary N) is 2. The number of unbranched alkanes of at least 4 members (excludes halogenated alkanes) is 1. The molecule has 0 aromatic carbocycles. The van der Waals surface area contributed by atoms with Crippen LogP contribution in [0.2, 0.25) is 0 Å². The Morgan fingerprint density at radius 1 is 1.18 bits per heavy atom. The zero-order valence-corrected chi connectivity index (χ0v) is 24.7. The molecule has 0 saturated carbocycles. The van der Waals surface area contributed by atoms with E-state index in [0.29, 0.717) is 50.4 Å². The van der Waals surface area contributed by atoms with E-state index in [1.54, 1.807) is 14.1 Å². The highest BCUT2D eigenvalue weighted by Gasteiger charge is 2.31. The average molecular weight is 576 g/mol. The fourth-order valence-corrected chi connectivity index (χ4v) is 5.97. The van der Waals surface area contributed by atoms with E-state index in [-0.39, 0.29) is 40.1 Å². The van der Waals surface area contributed by atoms with E-state index in [9.17, 15) is 18.0 Å². The van der Waals surface area contributed by atoms with Gasteiger partial charge in [-0.25, -0.2) is 18.4 Å². The second-order valence-corrected chi connectivity index (χ2v) is 11.9. The number of sulfonamides is 1. The van der Waals surface area contributed by atoms with Crippen LogP contribution in [0.5, 0.6) is 5.88 Å². The second-order valence-electron chi connectivity index (χ2n) is 9.99. The van der Waals surface area contributed by atoms with Gasteiger partial charge in [-0.1, -0.05) is 31.9 Å². The lowest BCUT2D eigenvalue weighted by molar-refractivity contribution is -0.716. The monoisotopic (exact) mass is 575 g/mol.